The predicted molar refractivity (Wildman–Crippen MR) is 35.8 cm³/mol. The van der Waals surface area contributed by atoms with Gasteiger partial charge in [-0.3, -0.25) is 0 Å². The molecule has 0 radical (unpaired) electrons. The molecule has 0 heterocycles. The largest absolute Gasteiger partial charge is 1.00 e. The van der Waals surface area contributed by atoms with E-state index in [1.54, 1.807) is 0 Å². The van der Waals surface area contributed by atoms with Crippen LogP contribution in [0.3, 0.4) is 0 Å². The molecule has 1 rings (SSSR count). The van der Waals surface area contributed by atoms with Gasteiger partial charge in [0.2, 0.25) is 0 Å². The summed E-state index contributed by atoms with van der Waals surface area (Å²) in [5, 5.41) is 37.2. The van der Waals surface area contributed by atoms with Crippen molar-refractivity contribution < 1.29 is 54.8 Å². The van der Waals surface area contributed by atoms with Crippen molar-refractivity contribution in [1.82, 2.24) is 0 Å². The summed E-state index contributed by atoms with van der Waals surface area (Å²) in [6, 6.07) is 0. The van der Waals surface area contributed by atoms with E-state index in [1.807, 2.05) is 0 Å². The molecule has 0 saturated carbocycles. The zero-order chi connectivity index (χ0) is 9.30. The van der Waals surface area contributed by atoms with Gasteiger partial charge < -0.3 is 25.2 Å². The van der Waals surface area contributed by atoms with E-state index >= 15 is 0 Å². The number of aliphatic hydroxyl groups is 3. The molecule has 0 saturated heterocycles. The van der Waals surface area contributed by atoms with Crippen molar-refractivity contribution in [2.24, 2.45) is 5.92 Å². The van der Waals surface area contributed by atoms with Gasteiger partial charge in [0.05, 0.1) is 6.10 Å². The number of aliphatic hydroxyl groups excluding tert-OH is 3. The third-order valence-electron chi connectivity index (χ3n) is 1.84. The Bertz CT molecular complexity index is 227. The summed E-state index contributed by atoms with van der Waals surface area (Å²) in [7, 11) is 0. The second-order valence-electron chi connectivity index (χ2n) is 2.76. The van der Waals surface area contributed by atoms with E-state index in [-0.39, 0.29) is 36.0 Å². The number of carboxylic acids is 1. The van der Waals surface area contributed by atoms with Crippen molar-refractivity contribution in [3.63, 3.8) is 0 Å². The molecular formula is C7H9NaO5. The molecule has 5 nitrogen and oxygen atoms in total. The van der Waals surface area contributed by atoms with Crippen LogP contribution < -0.4 is 34.7 Å². The van der Waals surface area contributed by atoms with Crippen molar-refractivity contribution in [2.75, 3.05) is 0 Å². The molecule has 0 fully saturated rings. The third-order valence-corrected chi connectivity index (χ3v) is 1.84. The maximum Gasteiger partial charge on any atom is 1.00 e. The fraction of sp³-hybridized carbons (Fsp3) is 0.571. The molecule has 13 heavy (non-hydrogen) atoms. The molecule has 3 unspecified atom stereocenters. The normalized spacial score (nSPS) is 33.1. The van der Waals surface area contributed by atoms with Crippen LogP contribution in [0.2, 0.25) is 0 Å². The number of aliphatic carboxylic acids is 1. The zero-order valence-electron chi connectivity index (χ0n) is 7.17. The Morgan fingerprint density at radius 1 is 1.54 bits per heavy atom. The minimum Gasteiger partial charge on any atom is -0.550 e. The smallest absolute Gasteiger partial charge is 0.550 e. The van der Waals surface area contributed by atoms with Crippen molar-refractivity contribution in [3.8, 4) is 0 Å². The van der Waals surface area contributed by atoms with E-state index in [4.69, 9.17) is 15.3 Å². The van der Waals surface area contributed by atoms with Gasteiger partial charge in [0.1, 0.15) is 11.9 Å². The molecule has 3 atom stereocenters. The van der Waals surface area contributed by atoms with Crippen LogP contribution in [0.25, 0.3) is 0 Å². The monoisotopic (exact) mass is 196 g/mol. The maximum absolute atomic E-state index is 10.3. The second kappa shape index (κ2) is 4.97. The van der Waals surface area contributed by atoms with E-state index in [0.29, 0.717) is 0 Å². The van der Waals surface area contributed by atoms with Crippen LogP contribution in [0.4, 0.5) is 0 Å². The molecule has 0 aliphatic heterocycles. The molecule has 0 aromatic heterocycles. The van der Waals surface area contributed by atoms with Gasteiger partial charge >= 0.3 is 29.6 Å². The maximum atomic E-state index is 10.3. The van der Waals surface area contributed by atoms with Crippen LogP contribution in [0.5, 0.6) is 0 Å². The molecule has 68 valence electrons. The zero-order valence-corrected chi connectivity index (χ0v) is 9.17. The Labute approximate surface area is 97.0 Å². The summed E-state index contributed by atoms with van der Waals surface area (Å²) >= 11 is 0. The van der Waals surface area contributed by atoms with E-state index in [0.717, 1.165) is 6.08 Å². The first-order valence-electron chi connectivity index (χ1n) is 3.50. The van der Waals surface area contributed by atoms with Gasteiger partial charge in [0.15, 0.2) is 0 Å². The minimum atomic E-state index is -1.37. The van der Waals surface area contributed by atoms with E-state index in [9.17, 15) is 9.90 Å². The van der Waals surface area contributed by atoms with Gasteiger partial charge in [0.25, 0.3) is 0 Å². The number of carbonyl (C=O) groups is 1. The Hall–Kier alpha value is -0.0700. The third kappa shape index (κ3) is 2.96. The number of hydrogen-bond donors (Lipinski definition) is 3. The molecule has 1 aliphatic rings. The molecule has 0 aromatic rings. The predicted octanol–water partition coefficient (Wildman–Crippen LogP) is -5.08. The number of carbonyl (C=O) groups excluding carboxylic acids is 1. The van der Waals surface area contributed by atoms with Crippen LogP contribution >= 0.6 is 0 Å². The summed E-state index contributed by atoms with van der Waals surface area (Å²) in [5.74, 6) is -2.90. The van der Waals surface area contributed by atoms with Gasteiger partial charge in [-0.15, -0.1) is 0 Å². The van der Waals surface area contributed by atoms with E-state index in [1.165, 1.54) is 0 Å². The van der Waals surface area contributed by atoms with Gasteiger partial charge in [0, 0.05) is 11.9 Å². The van der Waals surface area contributed by atoms with Crippen molar-refractivity contribution in [2.45, 2.75) is 18.6 Å². The Kier molecular flexibility index (Phi) is 4.95. The molecule has 1 aliphatic carbocycles. The quantitative estimate of drug-likeness (QED) is 0.364. The molecule has 0 amide bonds. The second-order valence-corrected chi connectivity index (χ2v) is 2.76. The van der Waals surface area contributed by atoms with E-state index < -0.39 is 29.9 Å². The summed E-state index contributed by atoms with van der Waals surface area (Å²) in [6.45, 7) is 0. The minimum absolute atomic E-state index is 0. The standard InChI is InChI=1S/C7H10O5.Na/c8-4-1-3(7(11)12)2-5(9)6(4)10;/h1,3,5-6,8-10H,2H2,(H,11,12);/q;+1/p-1. The van der Waals surface area contributed by atoms with Crippen molar-refractivity contribution >= 4 is 5.97 Å². The number of hydrogen-bond acceptors (Lipinski definition) is 5. The summed E-state index contributed by atoms with van der Waals surface area (Å²) in [5.41, 5.74) is 0. The summed E-state index contributed by atoms with van der Waals surface area (Å²) < 4.78 is 0. The Morgan fingerprint density at radius 3 is 2.46 bits per heavy atom. The van der Waals surface area contributed by atoms with Gasteiger partial charge in [-0.1, -0.05) is 0 Å². The molecule has 6 heteroatoms. The van der Waals surface area contributed by atoms with Crippen LogP contribution in [0, 0.1) is 5.92 Å². The van der Waals surface area contributed by atoms with Crippen LogP contribution in [0.1, 0.15) is 6.42 Å². The Balaban J connectivity index is 0.00000144. The van der Waals surface area contributed by atoms with Crippen molar-refractivity contribution in [3.05, 3.63) is 11.8 Å². The molecule has 0 aromatic carbocycles. The number of carboxylic acid groups (broad SMARTS) is 1. The molecule has 0 bridgehead atoms. The molecular weight excluding hydrogens is 187 g/mol. The average Bonchev–Trinajstić information content (AvgIpc) is 1.99. The fourth-order valence-corrected chi connectivity index (χ4v) is 1.12. The first-order chi connectivity index (χ1) is 5.52. The topological polar surface area (TPSA) is 101 Å². The van der Waals surface area contributed by atoms with Gasteiger partial charge in [-0.2, -0.15) is 0 Å². The first-order valence-corrected chi connectivity index (χ1v) is 3.50. The van der Waals surface area contributed by atoms with Gasteiger partial charge in [-0.05, 0) is 12.5 Å². The number of rotatable bonds is 1. The average molecular weight is 196 g/mol. The van der Waals surface area contributed by atoms with Crippen molar-refractivity contribution in [1.29, 1.82) is 0 Å². The molecule has 0 spiro atoms. The van der Waals surface area contributed by atoms with E-state index in [2.05, 4.69) is 0 Å². The van der Waals surface area contributed by atoms with Gasteiger partial charge in [-0.25, -0.2) is 0 Å². The fourth-order valence-electron chi connectivity index (χ4n) is 1.12. The Morgan fingerprint density at radius 2 is 2.08 bits per heavy atom. The summed E-state index contributed by atoms with van der Waals surface area (Å²) in [6.07, 6.45) is -1.77. The first kappa shape index (κ1) is 12.9. The summed E-state index contributed by atoms with van der Waals surface area (Å²) in [4.78, 5) is 10.3. The molecule has 3 N–H and O–H groups in total. The van der Waals surface area contributed by atoms with Crippen LogP contribution in [-0.2, 0) is 4.79 Å². The van der Waals surface area contributed by atoms with Crippen LogP contribution in [-0.4, -0.2) is 33.5 Å². The SMILES string of the molecule is O=C([O-])C1C=C(O)C(O)C(O)C1.[Na+]. The van der Waals surface area contributed by atoms with Crippen LogP contribution in [0.15, 0.2) is 11.8 Å².